The van der Waals surface area contributed by atoms with Crippen LogP contribution in [-0.4, -0.2) is 4.98 Å². The molecule has 1 aromatic heterocycles. The van der Waals surface area contributed by atoms with Crippen LogP contribution in [-0.2, 0) is 6.42 Å². The van der Waals surface area contributed by atoms with Crippen molar-refractivity contribution >= 4 is 11.6 Å². The van der Waals surface area contributed by atoms with Crippen LogP contribution < -0.4 is 5.73 Å². The summed E-state index contributed by atoms with van der Waals surface area (Å²) in [4.78, 5) is 4.29. The number of nitrogens with zero attached hydrogens (tertiary/aromatic N) is 1. The minimum atomic E-state index is -0.204. The zero-order chi connectivity index (χ0) is 13.8. The molecule has 0 radical (unpaired) electrons. The number of hydrogen-bond donors (Lipinski definition) is 1. The highest BCUT2D eigenvalue weighted by molar-refractivity contribution is 6.30. The van der Waals surface area contributed by atoms with Gasteiger partial charge in [-0.15, -0.1) is 0 Å². The first-order valence-electron chi connectivity index (χ1n) is 6.52. The first-order chi connectivity index (χ1) is 9.06. The summed E-state index contributed by atoms with van der Waals surface area (Å²) in [6, 6.07) is 11.9. The third-order valence-electron chi connectivity index (χ3n) is 3.02. The Labute approximate surface area is 119 Å². The van der Waals surface area contributed by atoms with Crippen molar-refractivity contribution < 1.29 is 0 Å². The molecule has 2 rings (SSSR count). The van der Waals surface area contributed by atoms with E-state index in [4.69, 9.17) is 17.3 Å². The molecule has 0 saturated carbocycles. The topological polar surface area (TPSA) is 38.9 Å². The molecule has 0 aliphatic heterocycles. The SMILES string of the molecule is CC(C)Cc1cccc(C(N)c2ccc(Cl)cn2)c1. The van der Waals surface area contributed by atoms with E-state index in [1.54, 1.807) is 6.20 Å². The van der Waals surface area contributed by atoms with Crippen molar-refractivity contribution in [1.29, 1.82) is 0 Å². The van der Waals surface area contributed by atoms with Crippen molar-refractivity contribution in [1.82, 2.24) is 4.98 Å². The molecule has 2 aromatic rings. The second kappa shape index (κ2) is 6.18. The maximum Gasteiger partial charge on any atom is 0.0726 e. The average molecular weight is 275 g/mol. The minimum absolute atomic E-state index is 0.204. The molecule has 0 saturated heterocycles. The number of halogens is 1. The predicted molar refractivity (Wildman–Crippen MR) is 80.3 cm³/mol. The van der Waals surface area contributed by atoms with Gasteiger partial charge in [0, 0.05) is 6.20 Å². The van der Waals surface area contributed by atoms with Crippen molar-refractivity contribution in [3.05, 3.63) is 64.4 Å². The molecule has 19 heavy (non-hydrogen) atoms. The van der Waals surface area contributed by atoms with Gasteiger partial charge in [-0.2, -0.15) is 0 Å². The number of pyridine rings is 1. The normalized spacial score (nSPS) is 12.7. The lowest BCUT2D eigenvalue weighted by molar-refractivity contribution is 0.646. The molecule has 0 fully saturated rings. The van der Waals surface area contributed by atoms with Gasteiger partial charge in [-0.3, -0.25) is 4.98 Å². The van der Waals surface area contributed by atoms with Gasteiger partial charge in [0.25, 0.3) is 0 Å². The number of benzene rings is 1. The minimum Gasteiger partial charge on any atom is -0.319 e. The summed E-state index contributed by atoms with van der Waals surface area (Å²) in [5, 5.41) is 0.629. The molecule has 0 amide bonds. The van der Waals surface area contributed by atoms with E-state index in [1.165, 1.54) is 5.56 Å². The van der Waals surface area contributed by atoms with Gasteiger partial charge in [-0.25, -0.2) is 0 Å². The van der Waals surface area contributed by atoms with Gasteiger partial charge in [-0.1, -0.05) is 49.7 Å². The Bertz CT molecular complexity index is 535. The number of rotatable bonds is 4. The van der Waals surface area contributed by atoms with Crippen LogP contribution in [0.1, 0.15) is 36.7 Å². The maximum absolute atomic E-state index is 6.26. The van der Waals surface area contributed by atoms with Gasteiger partial charge in [-0.05, 0) is 35.6 Å². The molecule has 3 heteroatoms. The van der Waals surface area contributed by atoms with E-state index in [2.05, 4.69) is 37.0 Å². The summed E-state index contributed by atoms with van der Waals surface area (Å²) in [7, 11) is 0. The Kier molecular flexibility index (Phi) is 4.56. The van der Waals surface area contributed by atoms with Crippen molar-refractivity contribution in [2.75, 3.05) is 0 Å². The van der Waals surface area contributed by atoms with E-state index in [1.807, 2.05) is 18.2 Å². The number of aromatic nitrogens is 1. The zero-order valence-electron chi connectivity index (χ0n) is 11.3. The molecule has 100 valence electrons. The third-order valence-corrected chi connectivity index (χ3v) is 3.25. The predicted octanol–water partition coefficient (Wildman–Crippen LogP) is 3.98. The summed E-state index contributed by atoms with van der Waals surface area (Å²) >= 11 is 5.84. The van der Waals surface area contributed by atoms with Crippen molar-refractivity contribution in [3.63, 3.8) is 0 Å². The van der Waals surface area contributed by atoms with Gasteiger partial charge in [0.05, 0.1) is 16.8 Å². The Morgan fingerprint density at radius 3 is 2.63 bits per heavy atom. The first-order valence-corrected chi connectivity index (χ1v) is 6.90. The lowest BCUT2D eigenvalue weighted by Gasteiger charge is -2.13. The summed E-state index contributed by atoms with van der Waals surface area (Å²) in [6.45, 7) is 4.43. The van der Waals surface area contributed by atoms with Crippen LogP contribution in [0.5, 0.6) is 0 Å². The van der Waals surface area contributed by atoms with Crippen LogP contribution in [0, 0.1) is 5.92 Å². The molecule has 0 bridgehead atoms. The van der Waals surface area contributed by atoms with Crippen LogP contribution in [0.3, 0.4) is 0 Å². The fraction of sp³-hybridized carbons (Fsp3) is 0.312. The van der Waals surface area contributed by atoms with Crippen LogP contribution in [0.15, 0.2) is 42.6 Å². The monoisotopic (exact) mass is 274 g/mol. The van der Waals surface area contributed by atoms with E-state index in [0.717, 1.165) is 17.7 Å². The zero-order valence-corrected chi connectivity index (χ0v) is 12.1. The van der Waals surface area contributed by atoms with Crippen molar-refractivity contribution in [2.45, 2.75) is 26.3 Å². The highest BCUT2D eigenvalue weighted by atomic mass is 35.5. The molecule has 1 heterocycles. The standard InChI is InChI=1S/C16H19ClN2/c1-11(2)8-12-4-3-5-13(9-12)16(18)15-7-6-14(17)10-19-15/h3-7,9-11,16H,8,18H2,1-2H3. The van der Waals surface area contributed by atoms with Crippen LogP contribution in [0.4, 0.5) is 0 Å². The largest absolute Gasteiger partial charge is 0.319 e. The fourth-order valence-electron chi connectivity index (χ4n) is 2.13. The van der Waals surface area contributed by atoms with E-state index in [9.17, 15) is 0 Å². The smallest absolute Gasteiger partial charge is 0.0726 e. The lowest BCUT2D eigenvalue weighted by Crippen LogP contribution is -2.13. The van der Waals surface area contributed by atoms with Gasteiger partial charge in [0.1, 0.15) is 0 Å². The Hall–Kier alpha value is -1.38. The molecular formula is C16H19ClN2. The van der Waals surface area contributed by atoms with Gasteiger partial charge in [0.2, 0.25) is 0 Å². The highest BCUT2D eigenvalue weighted by Crippen LogP contribution is 2.21. The van der Waals surface area contributed by atoms with Crippen molar-refractivity contribution in [2.24, 2.45) is 11.7 Å². The van der Waals surface area contributed by atoms with Gasteiger partial charge >= 0.3 is 0 Å². The number of hydrogen-bond acceptors (Lipinski definition) is 2. The molecular weight excluding hydrogens is 256 g/mol. The molecule has 1 unspecified atom stereocenters. The van der Waals surface area contributed by atoms with Crippen LogP contribution >= 0.6 is 11.6 Å². The summed E-state index contributed by atoms with van der Waals surface area (Å²) in [5.74, 6) is 0.639. The van der Waals surface area contributed by atoms with E-state index in [-0.39, 0.29) is 6.04 Å². The van der Waals surface area contributed by atoms with E-state index < -0.39 is 0 Å². The summed E-state index contributed by atoms with van der Waals surface area (Å²) in [5.41, 5.74) is 9.51. The Balaban J connectivity index is 2.23. The van der Waals surface area contributed by atoms with E-state index in [0.29, 0.717) is 10.9 Å². The molecule has 0 aliphatic rings. The second-order valence-corrected chi connectivity index (χ2v) is 5.66. The maximum atomic E-state index is 6.26. The molecule has 2 nitrogen and oxygen atoms in total. The van der Waals surface area contributed by atoms with Crippen LogP contribution in [0.2, 0.25) is 5.02 Å². The summed E-state index contributed by atoms with van der Waals surface area (Å²) in [6.07, 6.45) is 2.70. The molecule has 0 aliphatic carbocycles. The third kappa shape index (κ3) is 3.79. The van der Waals surface area contributed by atoms with Crippen molar-refractivity contribution in [3.8, 4) is 0 Å². The van der Waals surface area contributed by atoms with Crippen LogP contribution in [0.25, 0.3) is 0 Å². The Morgan fingerprint density at radius 1 is 1.21 bits per heavy atom. The molecule has 2 N–H and O–H groups in total. The average Bonchev–Trinajstić information content (AvgIpc) is 2.38. The molecule has 1 atom stereocenters. The summed E-state index contributed by atoms with van der Waals surface area (Å²) < 4.78 is 0. The van der Waals surface area contributed by atoms with Gasteiger partial charge < -0.3 is 5.73 Å². The highest BCUT2D eigenvalue weighted by Gasteiger charge is 2.11. The quantitative estimate of drug-likeness (QED) is 0.916. The number of nitrogens with two attached hydrogens (primary N) is 1. The second-order valence-electron chi connectivity index (χ2n) is 5.22. The fourth-order valence-corrected chi connectivity index (χ4v) is 2.24. The van der Waals surface area contributed by atoms with E-state index >= 15 is 0 Å². The molecule has 1 aromatic carbocycles. The first kappa shape index (κ1) is 14.0. The molecule has 0 spiro atoms. The lowest BCUT2D eigenvalue weighted by atomic mass is 9.97. The Morgan fingerprint density at radius 2 is 2.00 bits per heavy atom. The van der Waals surface area contributed by atoms with Gasteiger partial charge in [0.15, 0.2) is 0 Å².